The zero-order chi connectivity index (χ0) is 16.2. The van der Waals surface area contributed by atoms with Gasteiger partial charge in [-0.15, -0.1) is 0 Å². The number of benzene rings is 1. The number of carbonyl (C=O) groups is 1. The summed E-state index contributed by atoms with van der Waals surface area (Å²) in [6, 6.07) is 10.00. The van der Waals surface area contributed by atoms with Gasteiger partial charge in [-0.1, -0.05) is 18.2 Å². The Morgan fingerprint density at radius 2 is 2.00 bits per heavy atom. The molecule has 4 nitrogen and oxygen atoms in total. The predicted octanol–water partition coefficient (Wildman–Crippen LogP) is 3.31. The van der Waals surface area contributed by atoms with Crippen molar-refractivity contribution in [3.8, 4) is 5.75 Å². The number of rotatable bonds is 11. The molecule has 1 aromatic rings. The number of likely N-dealkylation sites (tertiary alicyclic amines) is 1. The molecule has 1 unspecified atom stereocenters. The molecule has 0 amide bonds. The molecular weight excluding hydrogens is 290 g/mol. The third-order valence-electron chi connectivity index (χ3n) is 4.18. The van der Waals surface area contributed by atoms with E-state index in [1.165, 1.54) is 25.8 Å². The van der Waals surface area contributed by atoms with E-state index in [0.717, 1.165) is 44.6 Å². The van der Waals surface area contributed by atoms with Crippen LogP contribution in [0.1, 0.15) is 38.5 Å². The summed E-state index contributed by atoms with van der Waals surface area (Å²) in [5.74, 6) is 0.957. The van der Waals surface area contributed by atoms with Crippen molar-refractivity contribution >= 4 is 6.29 Å². The van der Waals surface area contributed by atoms with Crippen LogP contribution in [0.2, 0.25) is 0 Å². The Bertz CT molecular complexity index is 424. The molecule has 0 radical (unpaired) electrons. The average molecular weight is 319 g/mol. The van der Waals surface area contributed by atoms with Crippen LogP contribution in [0.15, 0.2) is 30.3 Å². The van der Waals surface area contributed by atoms with Gasteiger partial charge >= 0.3 is 0 Å². The lowest BCUT2D eigenvalue weighted by atomic mass is 10.1. The molecule has 0 aliphatic carbocycles. The van der Waals surface area contributed by atoms with Gasteiger partial charge in [0.15, 0.2) is 0 Å². The molecule has 1 aliphatic rings. The molecular formula is C19H29NO3. The lowest BCUT2D eigenvalue weighted by Crippen LogP contribution is -2.40. The summed E-state index contributed by atoms with van der Waals surface area (Å²) in [4.78, 5) is 12.8. The zero-order valence-corrected chi connectivity index (χ0v) is 14.0. The van der Waals surface area contributed by atoms with Crippen molar-refractivity contribution in [2.75, 3.05) is 32.8 Å². The highest BCUT2D eigenvalue weighted by molar-refractivity contribution is 5.49. The zero-order valence-electron chi connectivity index (χ0n) is 14.0. The third-order valence-corrected chi connectivity index (χ3v) is 4.18. The van der Waals surface area contributed by atoms with Crippen molar-refractivity contribution in [2.24, 2.45) is 0 Å². The molecule has 0 bridgehead atoms. The summed E-state index contributed by atoms with van der Waals surface area (Å²) < 4.78 is 11.5. The van der Waals surface area contributed by atoms with Crippen LogP contribution in [0.5, 0.6) is 5.75 Å². The number of hydrogen-bond donors (Lipinski definition) is 0. The van der Waals surface area contributed by atoms with Gasteiger partial charge in [-0.05, 0) is 57.3 Å². The van der Waals surface area contributed by atoms with Crippen LogP contribution in [-0.4, -0.2) is 50.1 Å². The first kappa shape index (κ1) is 18.0. The minimum Gasteiger partial charge on any atom is -0.494 e. The topological polar surface area (TPSA) is 38.8 Å². The van der Waals surface area contributed by atoms with Crippen molar-refractivity contribution < 1.29 is 14.3 Å². The molecule has 128 valence electrons. The van der Waals surface area contributed by atoms with Gasteiger partial charge in [-0.3, -0.25) is 0 Å². The monoisotopic (exact) mass is 319 g/mol. The smallest absolute Gasteiger partial charge is 0.122 e. The van der Waals surface area contributed by atoms with Gasteiger partial charge in [0, 0.05) is 13.0 Å². The van der Waals surface area contributed by atoms with E-state index in [9.17, 15) is 4.79 Å². The standard InChI is InChI=1S/C19H29NO3/c21-14-8-16-23-19-11-7-13-20(17-19)12-5-2-6-15-22-18-9-3-1-4-10-18/h1,3-4,9-10,14,19H,2,5-8,11-13,15-17H2. The van der Waals surface area contributed by atoms with Crippen LogP contribution in [0.4, 0.5) is 0 Å². The van der Waals surface area contributed by atoms with E-state index < -0.39 is 0 Å². The largest absolute Gasteiger partial charge is 0.494 e. The summed E-state index contributed by atoms with van der Waals surface area (Å²) >= 11 is 0. The highest BCUT2D eigenvalue weighted by Gasteiger charge is 2.19. The number of aldehydes is 1. The van der Waals surface area contributed by atoms with Gasteiger partial charge in [0.05, 0.1) is 19.3 Å². The Kier molecular flexibility index (Phi) is 8.74. The van der Waals surface area contributed by atoms with E-state index in [2.05, 4.69) is 4.90 Å². The van der Waals surface area contributed by atoms with Crippen molar-refractivity contribution in [3.05, 3.63) is 30.3 Å². The van der Waals surface area contributed by atoms with Crippen LogP contribution in [0, 0.1) is 0 Å². The normalized spacial score (nSPS) is 18.7. The van der Waals surface area contributed by atoms with Crippen molar-refractivity contribution in [3.63, 3.8) is 0 Å². The summed E-state index contributed by atoms with van der Waals surface area (Å²) in [7, 11) is 0. The number of ether oxygens (including phenoxy) is 2. The summed E-state index contributed by atoms with van der Waals surface area (Å²) in [5, 5.41) is 0. The van der Waals surface area contributed by atoms with Crippen molar-refractivity contribution in [1.82, 2.24) is 4.90 Å². The summed E-state index contributed by atoms with van der Waals surface area (Å²) in [6.07, 6.45) is 7.57. The number of hydrogen-bond acceptors (Lipinski definition) is 4. The molecule has 1 aromatic carbocycles. The minimum atomic E-state index is 0.310. The minimum absolute atomic E-state index is 0.310. The van der Waals surface area contributed by atoms with E-state index in [4.69, 9.17) is 9.47 Å². The maximum Gasteiger partial charge on any atom is 0.122 e. The van der Waals surface area contributed by atoms with E-state index in [0.29, 0.717) is 19.1 Å². The maximum absolute atomic E-state index is 10.3. The molecule has 1 saturated heterocycles. The quantitative estimate of drug-likeness (QED) is 0.463. The predicted molar refractivity (Wildman–Crippen MR) is 91.9 cm³/mol. The second kappa shape index (κ2) is 11.2. The van der Waals surface area contributed by atoms with Gasteiger partial charge in [0.2, 0.25) is 0 Å². The number of carbonyl (C=O) groups excluding carboxylic acids is 1. The molecule has 0 spiro atoms. The molecule has 4 heteroatoms. The van der Waals surface area contributed by atoms with Gasteiger partial charge < -0.3 is 19.2 Å². The first-order valence-electron chi connectivity index (χ1n) is 8.84. The fraction of sp³-hybridized carbons (Fsp3) is 0.632. The number of nitrogens with zero attached hydrogens (tertiary/aromatic N) is 1. The molecule has 2 rings (SSSR count). The Hall–Kier alpha value is -1.39. The third kappa shape index (κ3) is 7.62. The Labute approximate surface area is 139 Å². The molecule has 0 saturated carbocycles. The second-order valence-corrected chi connectivity index (χ2v) is 6.11. The molecule has 1 aliphatic heterocycles. The first-order chi connectivity index (χ1) is 11.4. The Morgan fingerprint density at radius 3 is 2.83 bits per heavy atom. The summed E-state index contributed by atoms with van der Waals surface area (Å²) in [5.41, 5.74) is 0. The highest BCUT2D eigenvalue weighted by Crippen LogP contribution is 2.14. The Balaban J connectivity index is 1.49. The molecule has 0 aromatic heterocycles. The van der Waals surface area contributed by atoms with Crippen molar-refractivity contribution in [2.45, 2.75) is 44.6 Å². The number of piperidine rings is 1. The molecule has 1 heterocycles. The Morgan fingerprint density at radius 1 is 1.13 bits per heavy atom. The van der Waals surface area contributed by atoms with Gasteiger partial charge in [-0.2, -0.15) is 0 Å². The van der Waals surface area contributed by atoms with Gasteiger partial charge in [-0.25, -0.2) is 0 Å². The lowest BCUT2D eigenvalue weighted by molar-refractivity contribution is -0.109. The molecule has 0 N–H and O–H groups in total. The highest BCUT2D eigenvalue weighted by atomic mass is 16.5. The van der Waals surface area contributed by atoms with Crippen LogP contribution < -0.4 is 4.74 Å². The van der Waals surface area contributed by atoms with E-state index in [-0.39, 0.29) is 0 Å². The van der Waals surface area contributed by atoms with Crippen molar-refractivity contribution in [1.29, 1.82) is 0 Å². The fourth-order valence-electron chi connectivity index (χ4n) is 2.96. The van der Waals surface area contributed by atoms with E-state index >= 15 is 0 Å². The van der Waals surface area contributed by atoms with Crippen LogP contribution in [-0.2, 0) is 9.53 Å². The number of para-hydroxylation sites is 1. The molecule has 23 heavy (non-hydrogen) atoms. The second-order valence-electron chi connectivity index (χ2n) is 6.11. The van der Waals surface area contributed by atoms with Crippen LogP contribution >= 0.6 is 0 Å². The van der Waals surface area contributed by atoms with E-state index in [1.54, 1.807) is 0 Å². The first-order valence-corrected chi connectivity index (χ1v) is 8.84. The van der Waals surface area contributed by atoms with Crippen LogP contribution in [0.25, 0.3) is 0 Å². The van der Waals surface area contributed by atoms with Gasteiger partial charge in [0.1, 0.15) is 12.0 Å². The average Bonchev–Trinajstić information content (AvgIpc) is 2.59. The lowest BCUT2D eigenvalue weighted by Gasteiger charge is -2.32. The maximum atomic E-state index is 10.3. The summed E-state index contributed by atoms with van der Waals surface area (Å²) in [6.45, 7) is 4.69. The van der Waals surface area contributed by atoms with E-state index in [1.807, 2.05) is 30.3 Å². The van der Waals surface area contributed by atoms with Crippen LogP contribution in [0.3, 0.4) is 0 Å². The molecule has 1 fully saturated rings. The molecule has 1 atom stereocenters. The fourth-order valence-corrected chi connectivity index (χ4v) is 2.96. The number of unbranched alkanes of at least 4 members (excludes halogenated alkanes) is 2. The SMILES string of the molecule is O=CCCOC1CCCN(CCCCCOc2ccccc2)C1. The van der Waals surface area contributed by atoms with Gasteiger partial charge in [0.25, 0.3) is 0 Å².